The highest BCUT2D eigenvalue weighted by Crippen LogP contribution is 2.24. The van der Waals surface area contributed by atoms with Crippen LogP contribution in [-0.2, 0) is 16.1 Å². The summed E-state index contributed by atoms with van der Waals surface area (Å²) in [7, 11) is 1.27. The lowest BCUT2D eigenvalue weighted by Crippen LogP contribution is -2.38. The van der Waals surface area contributed by atoms with Crippen molar-refractivity contribution in [2.45, 2.75) is 25.0 Å². The number of nitrogens with one attached hydrogen (secondary N) is 1. The number of hydrogen-bond acceptors (Lipinski definition) is 5. The Balaban J connectivity index is 1.52. The van der Waals surface area contributed by atoms with Gasteiger partial charge in [-0.15, -0.1) is 0 Å². The van der Waals surface area contributed by atoms with Crippen LogP contribution in [0.1, 0.15) is 22.3 Å². The van der Waals surface area contributed by atoms with Crippen LogP contribution in [0, 0.1) is 11.6 Å². The van der Waals surface area contributed by atoms with Gasteiger partial charge in [-0.1, -0.05) is 12.1 Å². The maximum Gasteiger partial charge on any atom is 0.323 e. The summed E-state index contributed by atoms with van der Waals surface area (Å²) in [6.45, 7) is 0.297. The molecular formula is C23H22F2N4O3. The number of carbonyl (C=O) groups excluding carboxylic acids is 2. The third kappa shape index (κ3) is 4.52. The van der Waals surface area contributed by atoms with Crippen LogP contribution >= 0.6 is 0 Å². The molecule has 2 heterocycles. The molecule has 0 unspecified atom stereocenters. The molecule has 32 heavy (non-hydrogen) atoms. The Morgan fingerprint density at radius 3 is 2.75 bits per heavy atom. The summed E-state index contributed by atoms with van der Waals surface area (Å²) >= 11 is 0. The van der Waals surface area contributed by atoms with E-state index >= 15 is 0 Å². The van der Waals surface area contributed by atoms with Crippen molar-refractivity contribution in [2.75, 3.05) is 13.7 Å². The van der Waals surface area contributed by atoms with Gasteiger partial charge in [-0.05, 0) is 42.8 Å². The Bertz CT molecular complexity index is 1120. The molecule has 1 aromatic heterocycles. The predicted molar refractivity (Wildman–Crippen MR) is 112 cm³/mol. The van der Waals surface area contributed by atoms with Gasteiger partial charge in [0.1, 0.15) is 17.7 Å². The molecule has 0 saturated carbocycles. The minimum Gasteiger partial charge on any atom is -0.468 e. The van der Waals surface area contributed by atoms with Gasteiger partial charge in [0.2, 0.25) is 0 Å². The number of likely N-dealkylation sites (tertiary alicyclic amines) is 1. The summed E-state index contributed by atoms with van der Waals surface area (Å²) in [4.78, 5) is 27.0. The van der Waals surface area contributed by atoms with Gasteiger partial charge in [-0.3, -0.25) is 14.5 Å². The zero-order chi connectivity index (χ0) is 22.7. The number of nitrogens with zero attached hydrogens (tertiary/aromatic N) is 3. The second-order valence-electron chi connectivity index (χ2n) is 7.58. The molecule has 0 radical (unpaired) electrons. The quantitative estimate of drug-likeness (QED) is 0.597. The van der Waals surface area contributed by atoms with E-state index < -0.39 is 23.6 Å². The number of ether oxygens (including phenoxy) is 1. The molecule has 4 rings (SSSR count). The molecule has 0 aliphatic carbocycles. The molecule has 1 amide bonds. The van der Waals surface area contributed by atoms with Crippen molar-refractivity contribution in [3.8, 4) is 5.69 Å². The van der Waals surface area contributed by atoms with Gasteiger partial charge in [0, 0.05) is 37.1 Å². The first kappa shape index (κ1) is 21.6. The molecular weight excluding hydrogens is 418 g/mol. The van der Waals surface area contributed by atoms with Crippen molar-refractivity contribution >= 4 is 11.9 Å². The van der Waals surface area contributed by atoms with Crippen molar-refractivity contribution in [1.29, 1.82) is 0 Å². The van der Waals surface area contributed by atoms with E-state index in [1.807, 2.05) is 6.07 Å². The molecule has 1 saturated heterocycles. The Morgan fingerprint density at radius 1 is 1.19 bits per heavy atom. The molecule has 1 N–H and O–H groups in total. The molecule has 3 aromatic rings. The first-order valence-electron chi connectivity index (χ1n) is 10.1. The van der Waals surface area contributed by atoms with Crippen LogP contribution in [0.4, 0.5) is 8.78 Å². The van der Waals surface area contributed by atoms with E-state index in [1.54, 1.807) is 46.2 Å². The van der Waals surface area contributed by atoms with Gasteiger partial charge in [-0.25, -0.2) is 13.5 Å². The number of carbonyl (C=O) groups is 2. The number of amides is 1. The number of halogens is 2. The van der Waals surface area contributed by atoms with E-state index in [0.29, 0.717) is 17.7 Å². The van der Waals surface area contributed by atoms with Gasteiger partial charge in [0.15, 0.2) is 0 Å². The summed E-state index contributed by atoms with van der Waals surface area (Å²) in [5.41, 5.74) is 1.19. The average molecular weight is 440 g/mol. The fourth-order valence-electron chi connectivity index (χ4n) is 3.99. The lowest BCUT2D eigenvalue weighted by atomic mass is 10.1. The first-order chi connectivity index (χ1) is 15.5. The smallest absolute Gasteiger partial charge is 0.323 e. The third-order valence-electron chi connectivity index (χ3n) is 5.49. The molecule has 7 nitrogen and oxygen atoms in total. The fourth-order valence-corrected chi connectivity index (χ4v) is 3.99. The van der Waals surface area contributed by atoms with Gasteiger partial charge in [0.25, 0.3) is 5.91 Å². The summed E-state index contributed by atoms with van der Waals surface area (Å²) in [6.07, 6.45) is 3.65. The molecule has 0 spiro atoms. The van der Waals surface area contributed by atoms with Gasteiger partial charge < -0.3 is 10.1 Å². The van der Waals surface area contributed by atoms with E-state index in [0.717, 1.165) is 18.2 Å². The Kier molecular flexibility index (Phi) is 6.27. The van der Waals surface area contributed by atoms with E-state index in [9.17, 15) is 18.4 Å². The van der Waals surface area contributed by atoms with Crippen LogP contribution < -0.4 is 5.32 Å². The highest BCUT2D eigenvalue weighted by Gasteiger charge is 2.38. The number of methoxy groups -OCH3 is 1. The number of benzene rings is 2. The standard InChI is InChI=1S/C23H22F2N4O3/c1-32-23(31)21-12-17(14-28(21)13-15-11-16(24)7-8-19(15)25)27-22(30)18-5-2-3-6-20(18)29-10-4-9-26-29/h2-11,17,21H,12-14H2,1H3,(H,27,30)/t17-,21-/m0/s1. The highest BCUT2D eigenvalue weighted by molar-refractivity contribution is 5.98. The second kappa shape index (κ2) is 9.27. The van der Waals surface area contributed by atoms with Crippen LogP contribution in [0.2, 0.25) is 0 Å². The maximum absolute atomic E-state index is 14.2. The second-order valence-corrected chi connectivity index (χ2v) is 7.58. The zero-order valence-corrected chi connectivity index (χ0v) is 17.4. The van der Waals surface area contributed by atoms with Crippen molar-refractivity contribution < 1.29 is 23.1 Å². The minimum absolute atomic E-state index is 0.0135. The van der Waals surface area contributed by atoms with Crippen molar-refractivity contribution in [2.24, 2.45) is 0 Å². The normalized spacial score (nSPS) is 18.5. The Hall–Kier alpha value is -3.59. The molecule has 2 atom stereocenters. The van der Waals surface area contributed by atoms with Crippen molar-refractivity contribution in [3.05, 3.63) is 83.7 Å². The Labute approximate surface area is 183 Å². The van der Waals surface area contributed by atoms with Gasteiger partial charge in [-0.2, -0.15) is 5.10 Å². The van der Waals surface area contributed by atoms with Crippen LogP contribution in [0.15, 0.2) is 60.9 Å². The van der Waals surface area contributed by atoms with Crippen LogP contribution in [0.5, 0.6) is 0 Å². The number of esters is 1. The lowest BCUT2D eigenvalue weighted by molar-refractivity contribution is -0.146. The van der Waals surface area contributed by atoms with E-state index in [4.69, 9.17) is 4.74 Å². The monoisotopic (exact) mass is 440 g/mol. The molecule has 1 fully saturated rings. The van der Waals surface area contributed by atoms with Crippen LogP contribution in [-0.4, -0.2) is 52.3 Å². The fraction of sp³-hybridized carbons (Fsp3) is 0.261. The lowest BCUT2D eigenvalue weighted by Gasteiger charge is -2.22. The van der Waals surface area contributed by atoms with Gasteiger partial charge in [0.05, 0.1) is 18.4 Å². The molecule has 1 aliphatic heterocycles. The SMILES string of the molecule is COC(=O)[C@@H]1C[C@H](NC(=O)c2ccccc2-n2cccn2)CN1Cc1cc(F)ccc1F. The van der Waals surface area contributed by atoms with Crippen LogP contribution in [0.3, 0.4) is 0 Å². The summed E-state index contributed by atoms with van der Waals surface area (Å²) in [5.74, 6) is -1.93. The number of aromatic nitrogens is 2. The summed E-state index contributed by atoms with van der Waals surface area (Å²) in [5, 5.41) is 7.13. The maximum atomic E-state index is 14.2. The summed E-state index contributed by atoms with van der Waals surface area (Å²) in [6, 6.07) is 10.9. The largest absolute Gasteiger partial charge is 0.468 e. The zero-order valence-electron chi connectivity index (χ0n) is 17.4. The highest BCUT2D eigenvalue weighted by atomic mass is 19.1. The van der Waals surface area contributed by atoms with Gasteiger partial charge >= 0.3 is 5.97 Å². The predicted octanol–water partition coefficient (Wildman–Crippen LogP) is 2.70. The van der Waals surface area contributed by atoms with Crippen molar-refractivity contribution in [1.82, 2.24) is 20.0 Å². The number of rotatable bonds is 6. The van der Waals surface area contributed by atoms with Crippen molar-refractivity contribution in [3.63, 3.8) is 0 Å². The third-order valence-corrected chi connectivity index (χ3v) is 5.49. The first-order valence-corrected chi connectivity index (χ1v) is 10.1. The minimum atomic E-state index is -0.686. The molecule has 9 heteroatoms. The van der Waals surface area contributed by atoms with E-state index in [-0.39, 0.29) is 30.6 Å². The Morgan fingerprint density at radius 2 is 2.00 bits per heavy atom. The topological polar surface area (TPSA) is 76.5 Å². The molecule has 2 aromatic carbocycles. The molecule has 0 bridgehead atoms. The van der Waals surface area contributed by atoms with Crippen LogP contribution in [0.25, 0.3) is 5.69 Å². The number of hydrogen-bond donors (Lipinski definition) is 1. The molecule has 1 aliphatic rings. The molecule has 166 valence electrons. The average Bonchev–Trinajstić information content (AvgIpc) is 3.46. The van der Waals surface area contributed by atoms with E-state index in [1.165, 1.54) is 7.11 Å². The van der Waals surface area contributed by atoms with E-state index in [2.05, 4.69) is 10.4 Å². The summed E-state index contributed by atoms with van der Waals surface area (Å²) < 4.78 is 34.2. The number of para-hydroxylation sites is 1.